The molecule has 0 aromatic rings. The van der Waals surface area contributed by atoms with E-state index in [0.717, 1.165) is 18.0 Å². The lowest BCUT2D eigenvalue weighted by Gasteiger charge is -2.50. The lowest BCUT2D eigenvalue weighted by atomic mass is 9.77. The molecule has 0 radical (unpaired) electrons. The van der Waals surface area contributed by atoms with Gasteiger partial charge in [-0.15, -0.1) is 0 Å². The fourth-order valence-corrected chi connectivity index (χ4v) is 3.34. The molecule has 100 valence electrons. The van der Waals surface area contributed by atoms with E-state index in [0.29, 0.717) is 0 Å². The maximum Gasteiger partial charge on any atom is 0.0198 e. The Hall–Kier alpha value is -0.120. The molecule has 2 aliphatic rings. The first kappa shape index (κ1) is 13.3. The van der Waals surface area contributed by atoms with Crippen LogP contribution < -0.4 is 5.32 Å². The molecular formula is C14H29N3. The fourth-order valence-electron chi connectivity index (χ4n) is 3.34. The highest BCUT2D eigenvalue weighted by molar-refractivity contribution is 4.94. The highest BCUT2D eigenvalue weighted by Crippen LogP contribution is 2.33. The summed E-state index contributed by atoms with van der Waals surface area (Å²) < 4.78 is 0. The fraction of sp³-hybridized carbons (Fsp3) is 1.00. The molecule has 0 spiro atoms. The van der Waals surface area contributed by atoms with Gasteiger partial charge in [0, 0.05) is 31.7 Å². The molecule has 1 heterocycles. The molecule has 3 atom stereocenters. The third-order valence-electron chi connectivity index (χ3n) is 4.52. The zero-order valence-electron chi connectivity index (χ0n) is 11.8. The minimum Gasteiger partial charge on any atom is -0.316 e. The molecule has 3 heteroatoms. The van der Waals surface area contributed by atoms with Crippen molar-refractivity contribution in [2.24, 2.45) is 5.92 Å². The van der Waals surface area contributed by atoms with E-state index in [4.69, 9.17) is 0 Å². The van der Waals surface area contributed by atoms with Gasteiger partial charge in [0.25, 0.3) is 0 Å². The Bertz CT molecular complexity index is 232. The molecule has 17 heavy (non-hydrogen) atoms. The van der Waals surface area contributed by atoms with Gasteiger partial charge in [-0.2, -0.15) is 0 Å². The van der Waals surface area contributed by atoms with Crippen LogP contribution in [0, 0.1) is 5.92 Å². The van der Waals surface area contributed by atoms with Crippen LogP contribution in [0.2, 0.25) is 0 Å². The highest BCUT2D eigenvalue weighted by atomic mass is 15.3. The van der Waals surface area contributed by atoms with Crippen molar-refractivity contribution in [1.82, 2.24) is 15.1 Å². The molecule has 1 aliphatic heterocycles. The molecule has 1 N–H and O–H groups in total. The largest absolute Gasteiger partial charge is 0.316 e. The number of likely N-dealkylation sites (N-methyl/N-ethyl adjacent to an activating group) is 1. The lowest BCUT2D eigenvalue weighted by Crippen LogP contribution is -2.60. The molecule has 3 unspecified atom stereocenters. The Kier molecular flexibility index (Phi) is 4.83. The van der Waals surface area contributed by atoms with Crippen LogP contribution in [0.3, 0.4) is 0 Å². The van der Waals surface area contributed by atoms with E-state index in [1.54, 1.807) is 0 Å². The van der Waals surface area contributed by atoms with Crippen LogP contribution in [0.1, 0.15) is 33.1 Å². The summed E-state index contributed by atoms with van der Waals surface area (Å²) in [6.07, 6.45) is 4.11. The molecule has 0 bridgehead atoms. The van der Waals surface area contributed by atoms with E-state index >= 15 is 0 Å². The van der Waals surface area contributed by atoms with Crippen molar-refractivity contribution in [3.8, 4) is 0 Å². The number of nitrogens with one attached hydrogen (secondary N) is 1. The van der Waals surface area contributed by atoms with Crippen LogP contribution in [-0.2, 0) is 0 Å². The second-order valence-electron chi connectivity index (χ2n) is 5.96. The topological polar surface area (TPSA) is 18.5 Å². The summed E-state index contributed by atoms with van der Waals surface area (Å²) >= 11 is 0. The molecule has 2 fully saturated rings. The number of hydrogen-bond donors (Lipinski definition) is 1. The van der Waals surface area contributed by atoms with Crippen molar-refractivity contribution in [1.29, 1.82) is 0 Å². The SMILES string of the molecule is CCCNCC1CCC1N1CCN(C)CC1C. The molecule has 1 saturated heterocycles. The summed E-state index contributed by atoms with van der Waals surface area (Å²) in [5.74, 6) is 0.910. The number of rotatable bonds is 5. The standard InChI is InChI=1S/C14H29N3/c1-4-7-15-10-13-5-6-14(13)17-9-8-16(3)11-12(17)2/h12-15H,4-11H2,1-3H3. The number of piperazine rings is 1. The van der Waals surface area contributed by atoms with E-state index in [2.05, 4.69) is 36.0 Å². The van der Waals surface area contributed by atoms with E-state index < -0.39 is 0 Å². The summed E-state index contributed by atoms with van der Waals surface area (Å²) in [7, 11) is 2.24. The molecule has 0 aromatic heterocycles. The van der Waals surface area contributed by atoms with E-state index in [1.807, 2.05) is 0 Å². The third kappa shape index (κ3) is 3.21. The molecule has 0 amide bonds. The quantitative estimate of drug-likeness (QED) is 0.732. The normalized spacial score (nSPS) is 35.8. The molecule has 1 aliphatic carbocycles. The van der Waals surface area contributed by atoms with Gasteiger partial charge in [0.2, 0.25) is 0 Å². The van der Waals surface area contributed by atoms with Gasteiger partial charge in [0.1, 0.15) is 0 Å². The van der Waals surface area contributed by atoms with Crippen LogP contribution in [0.5, 0.6) is 0 Å². The highest BCUT2D eigenvalue weighted by Gasteiger charge is 2.38. The second-order valence-corrected chi connectivity index (χ2v) is 5.96. The monoisotopic (exact) mass is 239 g/mol. The van der Waals surface area contributed by atoms with Crippen LogP contribution in [-0.4, -0.2) is 61.7 Å². The molecule has 0 aromatic carbocycles. The average Bonchev–Trinajstić information content (AvgIpc) is 2.26. The number of nitrogens with zero attached hydrogens (tertiary/aromatic N) is 2. The zero-order chi connectivity index (χ0) is 12.3. The molecule has 1 saturated carbocycles. The van der Waals surface area contributed by atoms with Crippen molar-refractivity contribution in [2.45, 2.75) is 45.2 Å². The van der Waals surface area contributed by atoms with Gasteiger partial charge in [0.15, 0.2) is 0 Å². The van der Waals surface area contributed by atoms with Gasteiger partial charge in [0.05, 0.1) is 0 Å². The van der Waals surface area contributed by atoms with Crippen LogP contribution in [0.4, 0.5) is 0 Å². The smallest absolute Gasteiger partial charge is 0.0198 e. The molecule has 2 rings (SSSR count). The van der Waals surface area contributed by atoms with Crippen LogP contribution >= 0.6 is 0 Å². The Morgan fingerprint density at radius 1 is 1.24 bits per heavy atom. The maximum atomic E-state index is 3.59. The number of hydrogen-bond acceptors (Lipinski definition) is 3. The van der Waals surface area contributed by atoms with Gasteiger partial charge in [-0.25, -0.2) is 0 Å². The van der Waals surface area contributed by atoms with Crippen LogP contribution in [0.15, 0.2) is 0 Å². The van der Waals surface area contributed by atoms with E-state index in [1.165, 1.54) is 52.0 Å². The van der Waals surface area contributed by atoms with Gasteiger partial charge < -0.3 is 10.2 Å². The Balaban J connectivity index is 1.77. The summed E-state index contributed by atoms with van der Waals surface area (Å²) in [4.78, 5) is 5.23. The predicted octanol–water partition coefficient (Wildman–Crippen LogP) is 1.40. The molecular weight excluding hydrogens is 210 g/mol. The van der Waals surface area contributed by atoms with Crippen molar-refractivity contribution in [2.75, 3.05) is 39.8 Å². The molecule has 3 nitrogen and oxygen atoms in total. The maximum absolute atomic E-state index is 3.59. The minimum atomic E-state index is 0.743. The van der Waals surface area contributed by atoms with Gasteiger partial charge in [-0.3, -0.25) is 4.90 Å². The predicted molar refractivity (Wildman–Crippen MR) is 73.3 cm³/mol. The van der Waals surface area contributed by atoms with E-state index in [9.17, 15) is 0 Å². The zero-order valence-corrected chi connectivity index (χ0v) is 11.8. The Morgan fingerprint density at radius 2 is 2.06 bits per heavy atom. The van der Waals surface area contributed by atoms with Crippen molar-refractivity contribution < 1.29 is 0 Å². The van der Waals surface area contributed by atoms with Crippen molar-refractivity contribution in [3.05, 3.63) is 0 Å². The summed E-state index contributed by atoms with van der Waals surface area (Å²) in [6.45, 7) is 10.8. The Labute approximate surface area is 107 Å². The first-order valence-corrected chi connectivity index (χ1v) is 7.37. The summed E-state index contributed by atoms with van der Waals surface area (Å²) in [5, 5.41) is 3.59. The summed E-state index contributed by atoms with van der Waals surface area (Å²) in [6, 6.07) is 1.61. The first-order valence-electron chi connectivity index (χ1n) is 7.37. The van der Waals surface area contributed by atoms with Gasteiger partial charge in [-0.1, -0.05) is 6.92 Å². The third-order valence-corrected chi connectivity index (χ3v) is 4.52. The Morgan fingerprint density at radius 3 is 2.65 bits per heavy atom. The minimum absolute atomic E-state index is 0.743. The van der Waals surface area contributed by atoms with E-state index in [-0.39, 0.29) is 0 Å². The van der Waals surface area contributed by atoms with Gasteiger partial charge in [-0.05, 0) is 52.2 Å². The first-order chi connectivity index (χ1) is 8.22. The average molecular weight is 239 g/mol. The lowest BCUT2D eigenvalue weighted by molar-refractivity contribution is -0.00696. The second kappa shape index (κ2) is 6.17. The van der Waals surface area contributed by atoms with Crippen molar-refractivity contribution >= 4 is 0 Å². The van der Waals surface area contributed by atoms with Crippen LogP contribution in [0.25, 0.3) is 0 Å². The summed E-state index contributed by atoms with van der Waals surface area (Å²) in [5.41, 5.74) is 0. The van der Waals surface area contributed by atoms with Gasteiger partial charge >= 0.3 is 0 Å². The van der Waals surface area contributed by atoms with Crippen molar-refractivity contribution in [3.63, 3.8) is 0 Å².